The van der Waals surface area contributed by atoms with E-state index < -0.39 is 8.27 Å². The molecule has 0 aliphatic carbocycles. The maximum Gasteiger partial charge on any atom is 0.257 e. The van der Waals surface area contributed by atoms with E-state index in [2.05, 4.69) is 24.8 Å². The van der Waals surface area contributed by atoms with Crippen molar-refractivity contribution in [3.8, 4) is 0 Å². The Morgan fingerprint density at radius 2 is 1.67 bits per heavy atom. The van der Waals surface area contributed by atoms with Crippen LogP contribution in [0, 0.1) is 0 Å². The van der Waals surface area contributed by atoms with Crippen LogP contribution >= 0.6 is 26.4 Å². The first kappa shape index (κ1) is 10.8. The normalized spacial score (nSPS) is 11.9. The molecule has 0 amide bonds. The lowest BCUT2D eigenvalue weighted by molar-refractivity contribution is 0.608. The molecule has 1 aromatic heterocycles. The van der Waals surface area contributed by atoms with Crippen molar-refractivity contribution in [2.24, 2.45) is 0 Å². The third-order valence-electron chi connectivity index (χ3n) is 1.73. The number of hydrogen-bond acceptors (Lipinski definition) is 4. The first-order chi connectivity index (χ1) is 6.98. The van der Waals surface area contributed by atoms with E-state index in [1.807, 2.05) is 0 Å². The summed E-state index contributed by atoms with van der Waals surface area (Å²) in [6.45, 7) is 0. The molecule has 0 unspecified atom stereocenters. The molecule has 1 aromatic carbocycles. The Kier molecular flexibility index (Phi) is 2.66. The van der Waals surface area contributed by atoms with Crippen LogP contribution in [0.3, 0.4) is 0 Å². The SMILES string of the molecule is O=S(=O)(Br)c1nc2ccccc2nc1Cl. The van der Waals surface area contributed by atoms with Crippen LogP contribution in [-0.4, -0.2) is 18.4 Å². The zero-order valence-corrected chi connectivity index (χ0v) is 10.3. The summed E-state index contributed by atoms with van der Waals surface area (Å²) in [5.41, 5.74) is 1.04. The first-order valence-corrected chi connectivity index (χ1v) is 7.56. The third-order valence-corrected chi connectivity index (χ3v) is 3.77. The average molecular weight is 308 g/mol. The summed E-state index contributed by atoms with van der Waals surface area (Å²) in [5, 5.41) is -0.395. The molecule has 0 fully saturated rings. The van der Waals surface area contributed by atoms with Crippen molar-refractivity contribution in [1.29, 1.82) is 0 Å². The van der Waals surface area contributed by atoms with Crippen LogP contribution in [0.2, 0.25) is 5.15 Å². The van der Waals surface area contributed by atoms with Crippen molar-refractivity contribution < 1.29 is 8.42 Å². The molecule has 0 bridgehead atoms. The molecule has 0 saturated heterocycles. The quantitative estimate of drug-likeness (QED) is 0.759. The van der Waals surface area contributed by atoms with Gasteiger partial charge in [0.1, 0.15) is 0 Å². The molecule has 0 N–H and O–H groups in total. The van der Waals surface area contributed by atoms with Crippen molar-refractivity contribution in [3.05, 3.63) is 29.4 Å². The highest BCUT2D eigenvalue weighted by atomic mass is 79.9. The summed E-state index contributed by atoms with van der Waals surface area (Å²) in [6, 6.07) is 6.89. The van der Waals surface area contributed by atoms with E-state index in [0.717, 1.165) is 0 Å². The van der Waals surface area contributed by atoms with E-state index in [4.69, 9.17) is 11.6 Å². The van der Waals surface area contributed by atoms with Gasteiger partial charge in [0.05, 0.1) is 25.8 Å². The summed E-state index contributed by atoms with van der Waals surface area (Å²) < 4.78 is 22.5. The van der Waals surface area contributed by atoms with E-state index >= 15 is 0 Å². The molecule has 78 valence electrons. The lowest BCUT2D eigenvalue weighted by Crippen LogP contribution is -1.98. The highest BCUT2D eigenvalue weighted by Gasteiger charge is 2.18. The number of aromatic nitrogens is 2. The zero-order chi connectivity index (χ0) is 11.1. The lowest BCUT2D eigenvalue weighted by Gasteiger charge is -2.01. The number of rotatable bonds is 1. The Labute approximate surface area is 98.4 Å². The van der Waals surface area contributed by atoms with Crippen LogP contribution in [0.4, 0.5) is 0 Å². The highest BCUT2D eigenvalue weighted by Crippen LogP contribution is 2.24. The van der Waals surface area contributed by atoms with Gasteiger partial charge in [-0.15, -0.1) is 0 Å². The molecule has 7 heteroatoms. The Balaban J connectivity index is 2.84. The number of hydrogen-bond donors (Lipinski definition) is 0. The largest absolute Gasteiger partial charge is 0.257 e. The molecule has 0 aliphatic rings. The predicted molar refractivity (Wildman–Crippen MR) is 60.7 cm³/mol. The molecule has 0 saturated carbocycles. The number of para-hydroxylation sites is 2. The van der Waals surface area contributed by atoms with Crippen molar-refractivity contribution in [2.75, 3.05) is 0 Å². The molecule has 2 rings (SSSR count). The fourth-order valence-electron chi connectivity index (χ4n) is 1.12. The smallest absolute Gasteiger partial charge is 0.231 e. The molecule has 2 aromatic rings. The second-order valence-electron chi connectivity index (χ2n) is 2.75. The van der Waals surface area contributed by atoms with Crippen LogP contribution in [0.5, 0.6) is 0 Å². The monoisotopic (exact) mass is 306 g/mol. The van der Waals surface area contributed by atoms with E-state index in [0.29, 0.717) is 11.0 Å². The molecule has 15 heavy (non-hydrogen) atoms. The predicted octanol–water partition coefficient (Wildman–Crippen LogP) is 2.37. The van der Waals surface area contributed by atoms with Gasteiger partial charge in [0, 0.05) is 0 Å². The van der Waals surface area contributed by atoms with Gasteiger partial charge < -0.3 is 0 Å². The van der Waals surface area contributed by atoms with Gasteiger partial charge in [-0.25, -0.2) is 18.4 Å². The van der Waals surface area contributed by atoms with E-state index in [9.17, 15) is 8.42 Å². The summed E-state index contributed by atoms with van der Waals surface area (Å²) in [5.74, 6) is 0. The van der Waals surface area contributed by atoms with Crippen LogP contribution in [0.1, 0.15) is 0 Å². The van der Waals surface area contributed by atoms with Crippen LogP contribution in [0.25, 0.3) is 11.0 Å². The number of fused-ring (bicyclic) bond motifs is 1. The standard InChI is InChI=1S/C8H4BrClN2O2S/c9-15(13,14)8-7(10)11-5-3-1-2-4-6(5)12-8/h1-4H. The number of halogens is 2. The topological polar surface area (TPSA) is 59.9 Å². The Morgan fingerprint density at radius 3 is 2.20 bits per heavy atom. The third kappa shape index (κ3) is 2.11. The van der Waals surface area contributed by atoms with Gasteiger partial charge in [-0.2, -0.15) is 0 Å². The maximum atomic E-state index is 11.2. The second kappa shape index (κ2) is 3.70. The van der Waals surface area contributed by atoms with E-state index in [1.165, 1.54) is 0 Å². The molecule has 1 heterocycles. The lowest BCUT2D eigenvalue weighted by atomic mass is 10.3. The Bertz CT molecular complexity index is 630. The summed E-state index contributed by atoms with van der Waals surface area (Å²) in [6.07, 6.45) is 0. The minimum atomic E-state index is -3.62. The fraction of sp³-hybridized carbons (Fsp3) is 0. The summed E-state index contributed by atoms with van der Waals surface area (Å²) in [7, 11) is -3.62. The molecule has 4 nitrogen and oxygen atoms in total. The average Bonchev–Trinajstić information content (AvgIpc) is 2.15. The molecule has 0 atom stereocenters. The van der Waals surface area contributed by atoms with Gasteiger partial charge in [-0.1, -0.05) is 23.7 Å². The molecule has 0 spiro atoms. The van der Waals surface area contributed by atoms with E-state index in [-0.39, 0.29) is 10.2 Å². The molecule has 0 aliphatic heterocycles. The van der Waals surface area contributed by atoms with Gasteiger partial charge in [-0.05, 0) is 12.1 Å². The number of benzene rings is 1. The van der Waals surface area contributed by atoms with Crippen LogP contribution in [-0.2, 0) is 8.27 Å². The fourth-order valence-corrected chi connectivity index (χ4v) is 2.97. The van der Waals surface area contributed by atoms with Crippen molar-refractivity contribution >= 4 is 45.7 Å². The zero-order valence-electron chi connectivity index (χ0n) is 7.18. The van der Waals surface area contributed by atoms with Crippen molar-refractivity contribution in [3.63, 3.8) is 0 Å². The minimum absolute atomic E-state index is 0.134. The molecule has 0 radical (unpaired) electrons. The Morgan fingerprint density at radius 1 is 1.13 bits per heavy atom. The second-order valence-corrected chi connectivity index (χ2v) is 6.92. The van der Waals surface area contributed by atoms with Gasteiger partial charge in [-0.3, -0.25) is 0 Å². The van der Waals surface area contributed by atoms with Gasteiger partial charge in [0.2, 0.25) is 5.03 Å². The van der Waals surface area contributed by atoms with E-state index in [1.54, 1.807) is 24.3 Å². The highest BCUT2D eigenvalue weighted by molar-refractivity contribution is 9.47. The molecular formula is C8H4BrClN2O2S. The summed E-state index contributed by atoms with van der Waals surface area (Å²) in [4.78, 5) is 7.85. The van der Waals surface area contributed by atoms with Crippen LogP contribution < -0.4 is 0 Å². The van der Waals surface area contributed by atoms with Gasteiger partial charge in [0.25, 0.3) is 8.27 Å². The first-order valence-electron chi connectivity index (χ1n) is 3.85. The van der Waals surface area contributed by atoms with Crippen LogP contribution in [0.15, 0.2) is 29.3 Å². The maximum absolute atomic E-state index is 11.2. The minimum Gasteiger partial charge on any atom is -0.231 e. The molecular weight excluding hydrogens is 304 g/mol. The summed E-state index contributed by atoms with van der Waals surface area (Å²) >= 11 is 8.21. The number of nitrogens with zero attached hydrogens (tertiary/aromatic N) is 2. The Hall–Kier alpha value is -0.720. The van der Waals surface area contributed by atoms with Crippen molar-refractivity contribution in [2.45, 2.75) is 5.03 Å². The van der Waals surface area contributed by atoms with Gasteiger partial charge >= 0.3 is 0 Å². The van der Waals surface area contributed by atoms with Gasteiger partial charge in [0.15, 0.2) is 5.15 Å². The van der Waals surface area contributed by atoms with Crippen molar-refractivity contribution in [1.82, 2.24) is 9.97 Å².